The van der Waals surface area contributed by atoms with E-state index in [4.69, 9.17) is 23.2 Å². The number of para-hydroxylation sites is 1. The predicted octanol–water partition coefficient (Wildman–Crippen LogP) is 7.08. The monoisotopic (exact) mass is 677 g/mol. The SMILES string of the molecule is CCC(=Cc1sc2ccc(Cl)c(Cl)c2[n+]1CCC(C)S(=O)(=O)O)C=C1Sc2ccccc2N1CCC(C)S(=O)(=O)O. The van der Waals surface area contributed by atoms with Crippen LogP contribution >= 0.6 is 46.3 Å². The van der Waals surface area contributed by atoms with Crippen molar-refractivity contribution in [1.29, 1.82) is 0 Å². The Morgan fingerprint density at radius 1 is 1.02 bits per heavy atom. The lowest BCUT2D eigenvalue weighted by Crippen LogP contribution is -2.37. The Bertz CT molecular complexity index is 1740. The highest BCUT2D eigenvalue weighted by Gasteiger charge is 2.29. The number of benzene rings is 2. The van der Waals surface area contributed by atoms with Gasteiger partial charge in [0.05, 0.1) is 26.2 Å². The normalized spacial score (nSPS) is 16.9. The van der Waals surface area contributed by atoms with E-state index in [0.717, 1.165) is 30.9 Å². The van der Waals surface area contributed by atoms with Gasteiger partial charge in [-0.1, -0.05) is 65.4 Å². The molecule has 2 heterocycles. The van der Waals surface area contributed by atoms with Crippen molar-refractivity contribution < 1.29 is 30.5 Å². The summed E-state index contributed by atoms with van der Waals surface area (Å²) < 4.78 is 68.4. The van der Waals surface area contributed by atoms with Crippen LogP contribution in [0.3, 0.4) is 0 Å². The highest BCUT2D eigenvalue weighted by molar-refractivity contribution is 8.03. The van der Waals surface area contributed by atoms with Crippen LogP contribution in [0, 0.1) is 0 Å². The minimum Gasteiger partial charge on any atom is -0.335 e. The zero-order chi connectivity index (χ0) is 30.1. The Morgan fingerprint density at radius 2 is 1.68 bits per heavy atom. The molecule has 2 atom stereocenters. The molecule has 0 radical (unpaired) electrons. The lowest BCUT2D eigenvalue weighted by Gasteiger charge is -2.22. The zero-order valence-corrected chi connectivity index (χ0v) is 27.4. The molecule has 0 bridgehead atoms. The van der Waals surface area contributed by atoms with E-state index in [9.17, 15) is 25.9 Å². The van der Waals surface area contributed by atoms with E-state index in [-0.39, 0.29) is 12.8 Å². The maximum Gasteiger partial charge on any atom is 0.267 e. The molecule has 0 fully saturated rings. The molecule has 0 aliphatic carbocycles. The molecule has 8 nitrogen and oxygen atoms in total. The van der Waals surface area contributed by atoms with Crippen molar-refractivity contribution in [3.05, 3.63) is 68.1 Å². The second kappa shape index (κ2) is 12.9. The molecule has 0 saturated heterocycles. The first kappa shape index (κ1) is 32.3. The maximum atomic E-state index is 11.7. The quantitative estimate of drug-likeness (QED) is 0.163. The largest absolute Gasteiger partial charge is 0.335 e. The van der Waals surface area contributed by atoms with E-state index in [1.54, 1.807) is 17.8 Å². The van der Waals surface area contributed by atoms with Crippen molar-refractivity contribution in [2.45, 2.75) is 62.0 Å². The Kier molecular flexibility index (Phi) is 10.2. The molecule has 222 valence electrons. The summed E-state index contributed by atoms with van der Waals surface area (Å²) in [6.45, 7) is 5.68. The third kappa shape index (κ3) is 7.48. The number of thioether (sulfide) groups is 1. The predicted molar refractivity (Wildman–Crippen MR) is 169 cm³/mol. The average molecular weight is 679 g/mol. The molecule has 3 aromatic rings. The van der Waals surface area contributed by atoms with Crippen molar-refractivity contribution in [1.82, 2.24) is 0 Å². The number of allylic oxidation sites excluding steroid dienone is 2. The summed E-state index contributed by atoms with van der Waals surface area (Å²) in [6.07, 6.45) is 5.19. The summed E-state index contributed by atoms with van der Waals surface area (Å²) in [4.78, 5) is 3.11. The minimum atomic E-state index is -4.19. The van der Waals surface area contributed by atoms with E-state index in [1.807, 2.05) is 47.9 Å². The van der Waals surface area contributed by atoms with E-state index in [0.29, 0.717) is 35.1 Å². The van der Waals surface area contributed by atoms with Gasteiger partial charge in [-0.05, 0) is 62.6 Å². The number of aryl methyl sites for hydroxylation is 1. The van der Waals surface area contributed by atoms with E-state index in [1.165, 1.54) is 25.2 Å². The third-order valence-electron chi connectivity index (χ3n) is 6.98. The van der Waals surface area contributed by atoms with Crippen molar-refractivity contribution in [2.24, 2.45) is 0 Å². The van der Waals surface area contributed by atoms with Gasteiger partial charge in [-0.25, -0.2) is 0 Å². The van der Waals surface area contributed by atoms with Gasteiger partial charge in [-0.2, -0.15) is 21.4 Å². The van der Waals surface area contributed by atoms with Gasteiger partial charge >= 0.3 is 0 Å². The van der Waals surface area contributed by atoms with Crippen LogP contribution < -0.4 is 9.47 Å². The lowest BCUT2D eigenvalue weighted by molar-refractivity contribution is -0.669. The third-order valence-corrected chi connectivity index (χ3v) is 12.5. The van der Waals surface area contributed by atoms with Gasteiger partial charge in [0.1, 0.15) is 9.72 Å². The number of fused-ring (bicyclic) bond motifs is 2. The maximum absolute atomic E-state index is 11.7. The Labute approximate surface area is 259 Å². The Morgan fingerprint density at radius 3 is 2.34 bits per heavy atom. The fourth-order valence-corrected chi connectivity index (χ4v) is 7.96. The summed E-state index contributed by atoms with van der Waals surface area (Å²) in [6, 6.07) is 11.5. The zero-order valence-electron chi connectivity index (χ0n) is 22.6. The van der Waals surface area contributed by atoms with Crippen LogP contribution in [0.25, 0.3) is 16.3 Å². The van der Waals surface area contributed by atoms with Crippen LogP contribution in [-0.2, 0) is 26.8 Å². The first-order chi connectivity index (χ1) is 19.2. The fourth-order valence-electron chi connectivity index (χ4n) is 4.34. The molecule has 0 amide bonds. The topological polar surface area (TPSA) is 116 Å². The number of rotatable bonds is 11. The minimum absolute atomic E-state index is 0.173. The van der Waals surface area contributed by atoms with Gasteiger partial charge < -0.3 is 4.90 Å². The molecule has 1 aliphatic rings. The number of nitrogens with zero attached hydrogens (tertiary/aromatic N) is 2. The molecule has 14 heteroatoms. The first-order valence-corrected chi connectivity index (χ1v) is 18.3. The summed E-state index contributed by atoms with van der Waals surface area (Å²) in [7, 11) is -8.33. The van der Waals surface area contributed by atoms with Crippen LogP contribution in [-0.4, -0.2) is 43.0 Å². The van der Waals surface area contributed by atoms with Crippen molar-refractivity contribution >= 4 is 88.5 Å². The van der Waals surface area contributed by atoms with Crippen LogP contribution in [0.15, 0.2) is 58.0 Å². The van der Waals surface area contributed by atoms with E-state index < -0.39 is 30.7 Å². The molecule has 4 rings (SSSR count). The number of aromatic nitrogens is 1. The van der Waals surface area contributed by atoms with E-state index >= 15 is 0 Å². The summed E-state index contributed by atoms with van der Waals surface area (Å²) >= 11 is 16.0. The second-order valence-corrected chi connectivity index (χ2v) is 16.4. The number of hydrogen-bond donors (Lipinski definition) is 2. The standard InChI is InChI=1S/C27H30Cl2N2O6S4/c1-4-19(15-24-30(13-11-17(2)40(32,33)34)21-7-5-6-8-22(21)38-24)16-25-31(14-12-18(3)41(35,36)37)27-23(39-25)10-9-20(28)26(27)29/h5-10,15-18H,4,11-14H2,1-3H3,(H-,32,33,34,35,36,37)/p+1. The number of hydrogen-bond acceptors (Lipinski definition) is 7. The summed E-state index contributed by atoms with van der Waals surface area (Å²) in [5, 5.41) is 0.665. The molecule has 2 unspecified atom stereocenters. The van der Waals surface area contributed by atoms with Crippen LogP contribution in [0.1, 0.15) is 45.0 Å². The van der Waals surface area contributed by atoms with Gasteiger partial charge in [0.2, 0.25) is 5.52 Å². The van der Waals surface area contributed by atoms with Gasteiger partial charge in [0.15, 0.2) is 6.54 Å². The van der Waals surface area contributed by atoms with Crippen LogP contribution in [0.4, 0.5) is 5.69 Å². The van der Waals surface area contributed by atoms with Gasteiger partial charge in [-0.3, -0.25) is 9.11 Å². The average Bonchev–Trinajstić information content (AvgIpc) is 3.43. The molecule has 1 aromatic heterocycles. The Hall–Kier alpha value is -1.64. The van der Waals surface area contributed by atoms with Crippen molar-refractivity contribution in [3.8, 4) is 0 Å². The molecule has 0 saturated carbocycles. The van der Waals surface area contributed by atoms with Gasteiger partial charge in [-0.15, -0.1) is 0 Å². The molecule has 2 aromatic carbocycles. The summed E-state index contributed by atoms with van der Waals surface area (Å²) in [5.74, 6) is 0. The first-order valence-electron chi connectivity index (χ1n) is 12.9. The fraction of sp³-hybridized carbons (Fsp3) is 0.370. The highest BCUT2D eigenvalue weighted by Crippen LogP contribution is 2.46. The Balaban J connectivity index is 1.75. The molecule has 0 spiro atoms. The second-order valence-electron chi connectivity index (χ2n) is 9.81. The number of halogens is 2. The number of anilines is 1. The molecule has 2 N–H and O–H groups in total. The van der Waals surface area contributed by atoms with Crippen molar-refractivity contribution in [2.75, 3.05) is 11.4 Å². The van der Waals surface area contributed by atoms with Gasteiger partial charge in [0.25, 0.3) is 25.2 Å². The molecular formula is C27H31Cl2N2O6S4+. The molecule has 1 aliphatic heterocycles. The highest BCUT2D eigenvalue weighted by atomic mass is 35.5. The molecule has 41 heavy (non-hydrogen) atoms. The van der Waals surface area contributed by atoms with Gasteiger partial charge in [0, 0.05) is 23.9 Å². The van der Waals surface area contributed by atoms with E-state index in [2.05, 4.69) is 11.0 Å². The molecular weight excluding hydrogens is 647 g/mol. The van der Waals surface area contributed by atoms with Crippen LogP contribution in [0.5, 0.6) is 0 Å². The summed E-state index contributed by atoms with van der Waals surface area (Å²) in [5.41, 5.74) is 2.65. The lowest BCUT2D eigenvalue weighted by atomic mass is 10.2. The number of thiazole rings is 1. The van der Waals surface area contributed by atoms with Crippen molar-refractivity contribution in [3.63, 3.8) is 0 Å². The smallest absolute Gasteiger partial charge is 0.267 e. The van der Waals surface area contributed by atoms with Crippen LogP contribution in [0.2, 0.25) is 10.0 Å².